The molecule has 0 unspecified atom stereocenters. The van der Waals surface area contributed by atoms with Crippen LogP contribution in [0.15, 0.2) is 12.1 Å². The summed E-state index contributed by atoms with van der Waals surface area (Å²) in [5.74, 6) is -0.544. The summed E-state index contributed by atoms with van der Waals surface area (Å²) < 4.78 is 13.5. The zero-order valence-electron chi connectivity index (χ0n) is 13.0. The molecule has 0 saturated heterocycles. The smallest absolute Gasteiger partial charge is 0.160 e. The Kier molecular flexibility index (Phi) is 9.10. The molecule has 0 aliphatic carbocycles. The van der Waals surface area contributed by atoms with Gasteiger partial charge in [0.15, 0.2) is 5.82 Å². The van der Waals surface area contributed by atoms with Crippen LogP contribution in [0.5, 0.6) is 0 Å². The van der Waals surface area contributed by atoms with Crippen LogP contribution in [0.25, 0.3) is 0 Å². The summed E-state index contributed by atoms with van der Waals surface area (Å²) in [6, 6.07) is 3.64. The van der Waals surface area contributed by atoms with Gasteiger partial charge < -0.3 is 5.32 Å². The van der Waals surface area contributed by atoms with Crippen molar-refractivity contribution in [3.05, 3.63) is 28.0 Å². The van der Waals surface area contributed by atoms with Crippen molar-refractivity contribution in [1.82, 2.24) is 0 Å². The number of nitrogens with one attached hydrogen (secondary N) is 1. The number of hydrogen-bond donors (Lipinski definition) is 1. The predicted molar refractivity (Wildman–Crippen MR) is 92.1 cm³/mol. The molecule has 1 nitrogen and oxygen atoms in total. The van der Waals surface area contributed by atoms with Gasteiger partial charge in [0, 0.05) is 11.7 Å². The second kappa shape index (κ2) is 10.3. The van der Waals surface area contributed by atoms with Gasteiger partial charge in [-0.1, -0.05) is 75.6 Å². The van der Waals surface area contributed by atoms with Gasteiger partial charge in [-0.25, -0.2) is 4.39 Å². The Morgan fingerprint density at radius 2 is 1.43 bits per heavy atom. The van der Waals surface area contributed by atoms with Crippen molar-refractivity contribution in [3.63, 3.8) is 0 Å². The van der Waals surface area contributed by atoms with Crippen LogP contribution in [0, 0.1) is 5.82 Å². The van der Waals surface area contributed by atoms with Crippen molar-refractivity contribution >= 4 is 28.9 Å². The molecule has 0 spiro atoms. The second-order valence-electron chi connectivity index (χ2n) is 5.59. The Labute approximate surface area is 138 Å². The summed E-state index contributed by atoms with van der Waals surface area (Å²) >= 11 is 11.7. The zero-order valence-corrected chi connectivity index (χ0v) is 14.5. The highest BCUT2D eigenvalue weighted by Crippen LogP contribution is 2.28. The van der Waals surface area contributed by atoms with Crippen LogP contribution in [-0.4, -0.2) is 6.04 Å². The quantitative estimate of drug-likeness (QED) is 0.356. The first-order valence-electron chi connectivity index (χ1n) is 7.99. The molecule has 0 radical (unpaired) electrons. The van der Waals surface area contributed by atoms with E-state index in [-0.39, 0.29) is 10.0 Å². The lowest BCUT2D eigenvalue weighted by molar-refractivity contribution is 0.526. The fourth-order valence-electron chi connectivity index (χ4n) is 2.44. The average Bonchev–Trinajstić information content (AvgIpc) is 2.45. The molecule has 0 bridgehead atoms. The molecule has 21 heavy (non-hydrogen) atoms. The summed E-state index contributed by atoms with van der Waals surface area (Å²) in [6.45, 7) is 4.41. The van der Waals surface area contributed by atoms with Crippen molar-refractivity contribution < 1.29 is 4.39 Å². The Morgan fingerprint density at radius 1 is 0.952 bits per heavy atom. The SMILES string of the molecule is CCCCCC(CCCCC)Nc1cc(Cl)c(F)c(Cl)c1. The van der Waals surface area contributed by atoms with E-state index in [1.165, 1.54) is 38.5 Å². The Hall–Kier alpha value is -0.470. The molecule has 0 saturated carbocycles. The third-order valence-electron chi connectivity index (χ3n) is 3.67. The molecule has 0 aliphatic heterocycles. The van der Waals surface area contributed by atoms with Crippen molar-refractivity contribution in [1.29, 1.82) is 0 Å². The molecule has 1 aromatic carbocycles. The minimum absolute atomic E-state index is 0.0749. The minimum Gasteiger partial charge on any atom is -0.382 e. The van der Waals surface area contributed by atoms with Crippen molar-refractivity contribution in [2.75, 3.05) is 5.32 Å². The average molecular weight is 334 g/mol. The molecule has 120 valence electrons. The van der Waals surface area contributed by atoms with Crippen molar-refractivity contribution in [2.45, 2.75) is 71.3 Å². The van der Waals surface area contributed by atoms with Crippen LogP contribution in [0.2, 0.25) is 10.0 Å². The fraction of sp³-hybridized carbons (Fsp3) is 0.647. The minimum atomic E-state index is -0.544. The lowest BCUT2D eigenvalue weighted by Crippen LogP contribution is -2.19. The summed E-state index contributed by atoms with van der Waals surface area (Å²) in [7, 11) is 0. The first-order chi connectivity index (χ1) is 10.1. The third kappa shape index (κ3) is 6.88. The lowest BCUT2D eigenvalue weighted by atomic mass is 10.0. The van der Waals surface area contributed by atoms with Gasteiger partial charge in [0.1, 0.15) is 0 Å². The highest BCUT2D eigenvalue weighted by atomic mass is 35.5. The Morgan fingerprint density at radius 3 is 1.86 bits per heavy atom. The van der Waals surface area contributed by atoms with E-state index in [9.17, 15) is 4.39 Å². The molecule has 1 rings (SSSR count). The molecular weight excluding hydrogens is 308 g/mol. The van der Waals surface area contributed by atoms with E-state index >= 15 is 0 Å². The monoisotopic (exact) mass is 333 g/mol. The summed E-state index contributed by atoms with van der Waals surface area (Å²) in [5.41, 5.74) is 0.810. The second-order valence-corrected chi connectivity index (χ2v) is 6.40. The molecule has 1 aromatic rings. The molecule has 4 heteroatoms. The van der Waals surface area contributed by atoms with E-state index in [0.29, 0.717) is 6.04 Å². The zero-order chi connectivity index (χ0) is 15.7. The van der Waals surface area contributed by atoms with Crippen LogP contribution >= 0.6 is 23.2 Å². The van der Waals surface area contributed by atoms with E-state index in [1.807, 2.05) is 0 Å². The van der Waals surface area contributed by atoms with E-state index in [2.05, 4.69) is 19.2 Å². The number of anilines is 1. The van der Waals surface area contributed by atoms with Gasteiger partial charge in [0.2, 0.25) is 0 Å². The molecule has 0 aromatic heterocycles. The first kappa shape index (κ1) is 18.6. The van der Waals surface area contributed by atoms with Gasteiger partial charge in [-0.2, -0.15) is 0 Å². The Bertz CT molecular complexity index is 390. The van der Waals surface area contributed by atoms with Gasteiger partial charge in [-0.3, -0.25) is 0 Å². The standard InChI is InChI=1S/C17H26Cl2FN/c1-3-5-7-9-13(10-8-6-4-2)21-14-11-15(18)17(20)16(19)12-14/h11-13,21H,3-10H2,1-2H3. The van der Waals surface area contributed by atoms with E-state index < -0.39 is 5.82 Å². The highest BCUT2D eigenvalue weighted by molar-refractivity contribution is 6.35. The molecule has 0 heterocycles. The van der Waals surface area contributed by atoms with Gasteiger partial charge >= 0.3 is 0 Å². The number of halogens is 3. The normalized spacial score (nSPS) is 11.1. The molecule has 1 N–H and O–H groups in total. The predicted octanol–water partition coefficient (Wildman–Crippen LogP) is 7.07. The van der Waals surface area contributed by atoms with Crippen molar-refractivity contribution in [2.24, 2.45) is 0 Å². The molecule has 0 aliphatic rings. The number of unbranched alkanes of at least 4 members (excludes halogenated alkanes) is 4. The van der Waals surface area contributed by atoms with Gasteiger partial charge in [-0.15, -0.1) is 0 Å². The molecular formula is C17H26Cl2FN. The molecule has 0 amide bonds. The van der Waals surface area contributed by atoms with E-state index in [4.69, 9.17) is 23.2 Å². The number of benzene rings is 1. The van der Waals surface area contributed by atoms with Crippen LogP contribution in [0.3, 0.4) is 0 Å². The van der Waals surface area contributed by atoms with Gasteiger partial charge in [0.05, 0.1) is 10.0 Å². The number of hydrogen-bond acceptors (Lipinski definition) is 1. The molecule has 0 fully saturated rings. The largest absolute Gasteiger partial charge is 0.382 e. The maximum Gasteiger partial charge on any atom is 0.160 e. The maximum absolute atomic E-state index is 13.5. The maximum atomic E-state index is 13.5. The fourth-order valence-corrected chi connectivity index (χ4v) is 2.93. The van der Waals surface area contributed by atoms with Crippen LogP contribution in [0.4, 0.5) is 10.1 Å². The van der Waals surface area contributed by atoms with Crippen LogP contribution in [0.1, 0.15) is 65.2 Å². The van der Waals surface area contributed by atoms with Gasteiger partial charge in [-0.05, 0) is 25.0 Å². The summed E-state index contributed by atoms with van der Waals surface area (Å²) in [5, 5.41) is 3.62. The third-order valence-corrected chi connectivity index (χ3v) is 4.22. The topological polar surface area (TPSA) is 12.0 Å². The Balaban J connectivity index is 2.65. The van der Waals surface area contributed by atoms with Crippen LogP contribution < -0.4 is 5.32 Å². The van der Waals surface area contributed by atoms with Crippen molar-refractivity contribution in [3.8, 4) is 0 Å². The van der Waals surface area contributed by atoms with Gasteiger partial charge in [0.25, 0.3) is 0 Å². The molecule has 0 atom stereocenters. The highest BCUT2D eigenvalue weighted by Gasteiger charge is 2.12. The first-order valence-corrected chi connectivity index (χ1v) is 8.75. The van der Waals surface area contributed by atoms with Crippen LogP contribution in [-0.2, 0) is 0 Å². The van der Waals surface area contributed by atoms with E-state index in [0.717, 1.165) is 18.5 Å². The summed E-state index contributed by atoms with van der Waals surface area (Å²) in [4.78, 5) is 0. The number of rotatable bonds is 10. The van der Waals surface area contributed by atoms with E-state index in [1.54, 1.807) is 12.1 Å². The lowest BCUT2D eigenvalue weighted by Gasteiger charge is -2.20. The summed E-state index contributed by atoms with van der Waals surface area (Å²) in [6.07, 6.45) is 9.61.